The van der Waals surface area contributed by atoms with Gasteiger partial charge in [0.15, 0.2) is 0 Å². The highest BCUT2D eigenvalue weighted by Gasteiger charge is 2.17. The maximum atomic E-state index is 5.02. The fraction of sp³-hybridized carbons (Fsp3) is 0.0217. The van der Waals surface area contributed by atoms with Gasteiger partial charge in [-0.05, 0) is 112 Å². The van der Waals surface area contributed by atoms with Gasteiger partial charge >= 0.3 is 0 Å². The third-order valence-electron chi connectivity index (χ3n) is 9.55. The minimum Gasteiger partial charge on any atom is -0.309 e. The lowest BCUT2D eigenvalue weighted by Crippen LogP contribution is -1.99. The second-order valence-electron chi connectivity index (χ2n) is 12.7. The van der Waals surface area contributed by atoms with Gasteiger partial charge in [0.2, 0.25) is 0 Å². The van der Waals surface area contributed by atoms with Crippen LogP contribution in [0.4, 0.5) is 0 Å². The molecule has 9 aromatic rings. The quantitative estimate of drug-likeness (QED) is 0.141. The second kappa shape index (κ2) is 12.9. The van der Waals surface area contributed by atoms with Crippen molar-refractivity contribution in [1.82, 2.24) is 19.5 Å². The summed E-state index contributed by atoms with van der Waals surface area (Å²) < 4.78 is 2.33. The SMILES string of the molecule is C/C(=C\c1cccc2ccccc12)c1cc(-c2ccc3c(c2)c2ccccc2n3-c2cc(-c3ccccn3)nc(-c3ccccn3)c2)ccc1S. The highest BCUT2D eigenvalue weighted by Crippen LogP contribution is 2.38. The van der Waals surface area contributed by atoms with Crippen molar-refractivity contribution in [3.8, 4) is 39.6 Å². The molecule has 0 saturated carbocycles. The average molecular weight is 673 g/mol. The molecule has 0 spiro atoms. The van der Waals surface area contributed by atoms with Crippen molar-refractivity contribution in [2.24, 2.45) is 0 Å². The van der Waals surface area contributed by atoms with E-state index in [9.17, 15) is 0 Å². The van der Waals surface area contributed by atoms with Crippen LogP contribution in [-0.2, 0) is 0 Å². The predicted octanol–water partition coefficient (Wildman–Crippen LogP) is 12.0. The average Bonchev–Trinajstić information content (AvgIpc) is 3.52. The number of hydrogen-bond donors (Lipinski definition) is 1. The molecule has 0 fully saturated rings. The number of rotatable bonds is 6. The second-order valence-corrected chi connectivity index (χ2v) is 13.2. The number of thiol groups is 1. The van der Waals surface area contributed by atoms with E-state index in [4.69, 9.17) is 17.6 Å². The Morgan fingerprint density at radius 1 is 0.549 bits per heavy atom. The van der Waals surface area contributed by atoms with E-state index in [1.807, 2.05) is 36.4 Å². The number of aromatic nitrogens is 4. The number of fused-ring (bicyclic) bond motifs is 4. The number of nitrogens with zero attached hydrogens (tertiary/aromatic N) is 4. The lowest BCUT2D eigenvalue weighted by molar-refractivity contribution is 1.14. The first kappa shape index (κ1) is 30.7. The summed E-state index contributed by atoms with van der Waals surface area (Å²) in [5, 5.41) is 4.84. The van der Waals surface area contributed by atoms with Crippen LogP contribution >= 0.6 is 12.6 Å². The largest absolute Gasteiger partial charge is 0.309 e. The Morgan fingerprint density at radius 3 is 1.92 bits per heavy atom. The standard InChI is InChI=1S/C46H32N4S/c1-30(25-34-13-10-12-31-11-2-3-14-36(31)34)38-26-33(20-22-46(38)51)32-19-21-45-39(27-32)37-15-4-5-18-44(37)50(45)35-28-42(40-16-6-8-23-47-40)49-43(29-35)41-17-7-9-24-48-41/h2-29,51H,1H3/b30-25+. The molecular formula is C46H32N4S. The summed E-state index contributed by atoms with van der Waals surface area (Å²) in [6, 6.07) is 53.0. The highest BCUT2D eigenvalue weighted by atomic mass is 32.1. The Bertz CT molecular complexity index is 2700. The van der Waals surface area contributed by atoms with Gasteiger partial charge in [-0.15, -0.1) is 12.6 Å². The van der Waals surface area contributed by atoms with Crippen molar-refractivity contribution in [2.75, 3.05) is 0 Å². The fourth-order valence-corrected chi connectivity index (χ4v) is 7.40. The molecule has 4 aromatic heterocycles. The van der Waals surface area contributed by atoms with Crippen molar-refractivity contribution < 1.29 is 0 Å². The number of benzene rings is 5. The number of para-hydroxylation sites is 1. The Hall–Kier alpha value is -6.30. The topological polar surface area (TPSA) is 43.6 Å². The molecule has 0 saturated heterocycles. The predicted molar refractivity (Wildman–Crippen MR) is 215 cm³/mol. The van der Waals surface area contributed by atoms with E-state index in [0.29, 0.717) is 0 Å². The Kier molecular flexibility index (Phi) is 7.75. The maximum absolute atomic E-state index is 5.02. The van der Waals surface area contributed by atoms with E-state index in [1.54, 1.807) is 12.4 Å². The van der Waals surface area contributed by atoms with Gasteiger partial charge in [-0.3, -0.25) is 9.97 Å². The van der Waals surface area contributed by atoms with E-state index in [1.165, 1.54) is 32.7 Å². The van der Waals surface area contributed by atoms with E-state index >= 15 is 0 Å². The summed E-state index contributed by atoms with van der Waals surface area (Å²) in [7, 11) is 0. The summed E-state index contributed by atoms with van der Waals surface area (Å²) in [6.45, 7) is 2.17. The highest BCUT2D eigenvalue weighted by molar-refractivity contribution is 7.80. The first-order valence-electron chi connectivity index (χ1n) is 17.0. The minimum absolute atomic E-state index is 0.794. The molecule has 242 valence electrons. The number of pyridine rings is 3. The Balaban J connectivity index is 1.18. The normalized spacial score (nSPS) is 11.8. The van der Waals surface area contributed by atoms with Gasteiger partial charge in [0.1, 0.15) is 0 Å². The molecule has 0 atom stereocenters. The molecule has 0 bridgehead atoms. The van der Waals surface area contributed by atoms with Crippen LogP contribution in [0.5, 0.6) is 0 Å². The Labute approximate surface area is 301 Å². The van der Waals surface area contributed by atoms with Gasteiger partial charge in [-0.2, -0.15) is 0 Å². The molecule has 51 heavy (non-hydrogen) atoms. The molecule has 0 unspecified atom stereocenters. The van der Waals surface area contributed by atoms with E-state index in [-0.39, 0.29) is 0 Å². The lowest BCUT2D eigenvalue weighted by Gasteiger charge is -2.13. The van der Waals surface area contributed by atoms with Gasteiger partial charge in [-0.1, -0.05) is 91.0 Å². The lowest BCUT2D eigenvalue weighted by atomic mass is 9.96. The summed E-state index contributed by atoms with van der Waals surface area (Å²) in [6.07, 6.45) is 5.88. The number of allylic oxidation sites excluding steroid dienone is 1. The summed E-state index contributed by atoms with van der Waals surface area (Å²) >= 11 is 4.90. The summed E-state index contributed by atoms with van der Waals surface area (Å²) in [5.74, 6) is 0. The fourth-order valence-electron chi connectivity index (χ4n) is 7.09. The molecule has 0 amide bonds. The molecule has 9 rings (SSSR count). The molecule has 5 heteroatoms. The van der Waals surface area contributed by atoms with Gasteiger partial charge in [0.05, 0.1) is 39.5 Å². The van der Waals surface area contributed by atoms with Gasteiger partial charge in [0.25, 0.3) is 0 Å². The first-order chi connectivity index (χ1) is 25.1. The third kappa shape index (κ3) is 5.68. The monoisotopic (exact) mass is 672 g/mol. The zero-order valence-corrected chi connectivity index (χ0v) is 28.8. The van der Waals surface area contributed by atoms with Crippen LogP contribution in [0.15, 0.2) is 169 Å². The molecule has 4 nitrogen and oxygen atoms in total. The zero-order chi connectivity index (χ0) is 34.3. The van der Waals surface area contributed by atoms with Gasteiger partial charge < -0.3 is 4.57 Å². The molecule has 0 aliphatic heterocycles. The van der Waals surface area contributed by atoms with Crippen molar-refractivity contribution in [2.45, 2.75) is 11.8 Å². The molecule has 0 aliphatic rings. The number of hydrogen-bond acceptors (Lipinski definition) is 4. The van der Waals surface area contributed by atoms with E-state index in [2.05, 4.69) is 143 Å². The molecule has 0 radical (unpaired) electrons. The van der Waals surface area contributed by atoms with Gasteiger partial charge in [0, 0.05) is 28.1 Å². The van der Waals surface area contributed by atoms with Crippen LogP contribution in [0.1, 0.15) is 18.1 Å². The zero-order valence-electron chi connectivity index (χ0n) is 27.9. The van der Waals surface area contributed by atoms with Crippen LogP contribution in [0.3, 0.4) is 0 Å². The van der Waals surface area contributed by atoms with Crippen molar-refractivity contribution >= 4 is 56.9 Å². The van der Waals surface area contributed by atoms with Crippen LogP contribution < -0.4 is 0 Å². The first-order valence-corrected chi connectivity index (χ1v) is 17.4. The van der Waals surface area contributed by atoms with E-state index < -0.39 is 0 Å². The minimum atomic E-state index is 0.794. The maximum Gasteiger partial charge on any atom is 0.0915 e. The van der Waals surface area contributed by atoms with Crippen molar-refractivity contribution in [3.63, 3.8) is 0 Å². The van der Waals surface area contributed by atoms with Crippen LogP contribution in [0.25, 0.3) is 83.8 Å². The van der Waals surface area contributed by atoms with E-state index in [0.717, 1.165) is 61.1 Å². The van der Waals surface area contributed by atoms with Gasteiger partial charge in [-0.25, -0.2) is 4.98 Å². The van der Waals surface area contributed by atoms with Crippen LogP contribution in [0.2, 0.25) is 0 Å². The molecule has 4 heterocycles. The summed E-state index contributed by atoms with van der Waals surface area (Å²) in [5.41, 5.74) is 12.2. The van der Waals surface area contributed by atoms with Crippen molar-refractivity contribution in [3.05, 3.63) is 175 Å². The summed E-state index contributed by atoms with van der Waals surface area (Å²) in [4.78, 5) is 15.2. The van der Waals surface area contributed by atoms with Crippen LogP contribution in [0, 0.1) is 0 Å². The third-order valence-corrected chi connectivity index (χ3v) is 9.94. The molecule has 0 N–H and O–H groups in total. The molecular weight excluding hydrogens is 641 g/mol. The molecule has 5 aromatic carbocycles. The van der Waals surface area contributed by atoms with Crippen molar-refractivity contribution in [1.29, 1.82) is 0 Å². The molecule has 0 aliphatic carbocycles. The van der Waals surface area contributed by atoms with Crippen LogP contribution in [-0.4, -0.2) is 19.5 Å². The Morgan fingerprint density at radius 2 is 1.18 bits per heavy atom. The smallest absolute Gasteiger partial charge is 0.0915 e.